The fourth-order valence-corrected chi connectivity index (χ4v) is 5.01. The first-order valence-electron chi connectivity index (χ1n) is 9.92. The maximum absolute atomic E-state index is 15.9. The summed E-state index contributed by atoms with van der Waals surface area (Å²) < 4.78 is 27.6. The number of hydrogen-bond donors (Lipinski definition) is 1. The van der Waals surface area contributed by atoms with Crippen molar-refractivity contribution in [2.24, 2.45) is 0 Å². The first-order chi connectivity index (χ1) is 16.9. The van der Waals surface area contributed by atoms with Crippen molar-refractivity contribution in [1.29, 1.82) is 0 Å². The van der Waals surface area contributed by atoms with E-state index in [0.29, 0.717) is 10.1 Å². The minimum absolute atomic E-state index is 0.0681. The third-order valence-corrected chi connectivity index (χ3v) is 7.04. The number of thiophene rings is 1. The Hall–Kier alpha value is -3.32. The highest BCUT2D eigenvalue weighted by Crippen LogP contribution is 2.30. The van der Waals surface area contributed by atoms with Crippen LogP contribution in [-0.2, 0) is 13.1 Å². The number of pyridine rings is 1. The van der Waals surface area contributed by atoms with Gasteiger partial charge in [-0.15, -0.1) is 11.3 Å². The summed E-state index contributed by atoms with van der Waals surface area (Å²) in [4.78, 5) is 26.8. The summed E-state index contributed by atoms with van der Waals surface area (Å²) in [6.07, 6.45) is 2.80. The van der Waals surface area contributed by atoms with E-state index >= 15 is 4.39 Å². The molecule has 0 aliphatic rings. The van der Waals surface area contributed by atoms with Crippen molar-refractivity contribution in [3.8, 4) is 11.4 Å². The van der Waals surface area contributed by atoms with Crippen molar-refractivity contribution >= 4 is 57.8 Å². The Morgan fingerprint density at radius 3 is 2.74 bits per heavy atom. The fraction of sp³-hybridized carbons (Fsp3) is 0.0952. The lowest BCUT2D eigenvalue weighted by Crippen LogP contribution is -2.23. The molecule has 178 valence electrons. The molecular formula is C21H13Cl2FN6O3S2. The van der Waals surface area contributed by atoms with E-state index in [9.17, 15) is 9.59 Å². The molecule has 5 rings (SSSR count). The summed E-state index contributed by atoms with van der Waals surface area (Å²) in [5, 5.41) is 12.3. The van der Waals surface area contributed by atoms with E-state index < -0.39 is 17.3 Å². The van der Waals surface area contributed by atoms with Crippen LogP contribution < -0.4 is 10.9 Å². The van der Waals surface area contributed by atoms with Crippen LogP contribution in [0, 0.1) is 5.82 Å². The van der Waals surface area contributed by atoms with Gasteiger partial charge in [0.15, 0.2) is 17.4 Å². The van der Waals surface area contributed by atoms with Gasteiger partial charge in [-0.3, -0.25) is 14.2 Å². The molecule has 14 heteroatoms. The normalized spacial score (nSPS) is 11.2. The van der Waals surface area contributed by atoms with Gasteiger partial charge in [0.1, 0.15) is 10.7 Å². The largest absolute Gasteiger partial charge is 0.363 e. The van der Waals surface area contributed by atoms with Gasteiger partial charge in [-0.2, -0.15) is 9.78 Å². The van der Waals surface area contributed by atoms with Crippen LogP contribution in [0.3, 0.4) is 0 Å². The molecule has 0 aliphatic heterocycles. The third-order valence-electron chi connectivity index (χ3n) is 4.93. The molecule has 5 heterocycles. The van der Waals surface area contributed by atoms with Crippen molar-refractivity contribution in [2.45, 2.75) is 13.1 Å². The Bertz CT molecular complexity index is 1560. The summed E-state index contributed by atoms with van der Waals surface area (Å²) in [6.45, 7) is 0.125. The zero-order valence-corrected chi connectivity index (χ0v) is 20.6. The summed E-state index contributed by atoms with van der Waals surface area (Å²) in [5.74, 6) is -1.23. The van der Waals surface area contributed by atoms with E-state index in [4.69, 9.17) is 27.7 Å². The molecule has 0 atom stereocenters. The van der Waals surface area contributed by atoms with Crippen molar-refractivity contribution < 1.29 is 13.7 Å². The predicted octanol–water partition coefficient (Wildman–Crippen LogP) is 5.01. The van der Waals surface area contributed by atoms with Gasteiger partial charge in [0.2, 0.25) is 0 Å². The first-order valence-corrected chi connectivity index (χ1v) is 12.3. The molecule has 9 nitrogen and oxygen atoms in total. The predicted molar refractivity (Wildman–Crippen MR) is 131 cm³/mol. The SMILES string of the molecule is O=C(c1cnsc1)n1nc(-c2ccc(Cl)c(=O)n2Cc2ccno2)c(F)c1NCc1ccc(Cl)s1. The molecular weight excluding hydrogens is 538 g/mol. The van der Waals surface area contributed by atoms with Gasteiger partial charge < -0.3 is 9.84 Å². The van der Waals surface area contributed by atoms with Crippen molar-refractivity contribution in [3.05, 3.63) is 89.8 Å². The molecule has 5 aromatic rings. The second-order valence-corrected chi connectivity index (χ2v) is 10.0. The zero-order chi connectivity index (χ0) is 24.5. The van der Waals surface area contributed by atoms with Gasteiger partial charge in [0.05, 0.1) is 41.1 Å². The van der Waals surface area contributed by atoms with E-state index in [1.807, 2.05) is 0 Å². The molecule has 0 spiro atoms. The number of carbonyl (C=O) groups excluding carboxylic acids is 1. The first kappa shape index (κ1) is 23.4. The molecule has 0 fully saturated rings. The summed E-state index contributed by atoms with van der Waals surface area (Å²) in [7, 11) is 0. The number of carbonyl (C=O) groups is 1. The van der Waals surface area contributed by atoms with E-state index in [0.717, 1.165) is 21.1 Å². The van der Waals surface area contributed by atoms with Gasteiger partial charge in [-0.25, -0.2) is 8.76 Å². The standard InChI is InChI=1S/C21H13Cl2FN6O3S2/c22-14-2-3-15(29(21(14)32)9-12-5-6-26-33-12)18-17(24)19(25-8-13-1-4-16(23)35-13)30(28-18)20(31)11-7-27-34-10-11/h1-7,10,25H,8-9H2. The number of hydrogen-bond acceptors (Lipinski definition) is 9. The van der Waals surface area contributed by atoms with Crippen molar-refractivity contribution in [2.75, 3.05) is 5.32 Å². The van der Waals surface area contributed by atoms with Crippen molar-refractivity contribution in [1.82, 2.24) is 23.9 Å². The molecule has 1 N–H and O–H groups in total. The molecule has 35 heavy (non-hydrogen) atoms. The second-order valence-electron chi connectivity index (χ2n) is 7.14. The second kappa shape index (κ2) is 9.74. The number of nitrogens with one attached hydrogen (secondary N) is 1. The summed E-state index contributed by atoms with van der Waals surface area (Å²) in [6, 6.07) is 7.88. The summed E-state index contributed by atoms with van der Waals surface area (Å²) in [5.41, 5.74) is -0.459. The van der Waals surface area contributed by atoms with Gasteiger partial charge >= 0.3 is 0 Å². The van der Waals surface area contributed by atoms with Crippen LogP contribution in [0.2, 0.25) is 9.36 Å². The maximum atomic E-state index is 15.9. The van der Waals surface area contributed by atoms with E-state index in [1.165, 1.54) is 45.8 Å². The summed E-state index contributed by atoms with van der Waals surface area (Å²) >= 11 is 14.4. The number of nitrogens with zero attached hydrogens (tertiary/aromatic N) is 5. The van der Waals surface area contributed by atoms with Gasteiger partial charge in [-0.05, 0) is 35.8 Å². The number of anilines is 1. The monoisotopic (exact) mass is 550 g/mol. The molecule has 0 bridgehead atoms. The molecule has 0 aliphatic carbocycles. The van der Waals surface area contributed by atoms with Crippen LogP contribution in [0.5, 0.6) is 0 Å². The highest BCUT2D eigenvalue weighted by molar-refractivity contribution is 7.16. The highest BCUT2D eigenvalue weighted by atomic mass is 35.5. The fourth-order valence-electron chi connectivity index (χ4n) is 3.31. The van der Waals surface area contributed by atoms with Gasteiger partial charge in [0, 0.05) is 16.3 Å². The lowest BCUT2D eigenvalue weighted by atomic mass is 10.2. The average molecular weight is 551 g/mol. The van der Waals surface area contributed by atoms with Gasteiger partial charge in [-0.1, -0.05) is 28.4 Å². The van der Waals surface area contributed by atoms with E-state index in [1.54, 1.807) is 18.2 Å². The highest BCUT2D eigenvalue weighted by Gasteiger charge is 2.27. The number of aromatic nitrogens is 5. The quantitative estimate of drug-likeness (QED) is 0.303. The van der Waals surface area contributed by atoms with E-state index in [2.05, 4.69) is 19.9 Å². The van der Waals surface area contributed by atoms with Crippen LogP contribution in [0.15, 0.2) is 57.4 Å². The van der Waals surface area contributed by atoms with Crippen LogP contribution in [-0.4, -0.2) is 29.8 Å². The Balaban J connectivity index is 1.62. The van der Waals surface area contributed by atoms with Crippen molar-refractivity contribution in [3.63, 3.8) is 0 Å². The Morgan fingerprint density at radius 2 is 2.06 bits per heavy atom. The Labute approximate surface area is 214 Å². The molecule has 0 unspecified atom stereocenters. The molecule has 0 amide bonds. The molecule has 0 aromatic carbocycles. The van der Waals surface area contributed by atoms with E-state index in [-0.39, 0.29) is 40.9 Å². The topological polar surface area (TPSA) is 108 Å². The molecule has 0 saturated carbocycles. The van der Waals surface area contributed by atoms with Crippen LogP contribution >= 0.6 is 46.1 Å². The number of rotatable bonds is 7. The average Bonchev–Trinajstić information content (AvgIpc) is 3.65. The van der Waals surface area contributed by atoms with Gasteiger partial charge in [0.25, 0.3) is 11.5 Å². The van der Waals surface area contributed by atoms with Crippen LogP contribution in [0.1, 0.15) is 21.0 Å². The lowest BCUT2D eigenvalue weighted by Gasteiger charge is -2.10. The smallest absolute Gasteiger partial charge is 0.282 e. The Morgan fingerprint density at radius 1 is 1.20 bits per heavy atom. The molecule has 5 aromatic heterocycles. The minimum atomic E-state index is -0.822. The molecule has 0 radical (unpaired) electrons. The minimum Gasteiger partial charge on any atom is -0.363 e. The Kier molecular flexibility index (Phi) is 6.52. The zero-order valence-electron chi connectivity index (χ0n) is 17.4. The lowest BCUT2D eigenvalue weighted by molar-refractivity contribution is 0.0947. The number of halogens is 3. The third kappa shape index (κ3) is 4.65. The maximum Gasteiger partial charge on any atom is 0.282 e. The van der Waals surface area contributed by atoms with Crippen LogP contribution in [0.25, 0.3) is 11.4 Å². The molecule has 0 saturated heterocycles. The van der Waals surface area contributed by atoms with Crippen LogP contribution in [0.4, 0.5) is 10.2 Å².